The van der Waals surface area contributed by atoms with Gasteiger partial charge in [0, 0.05) is 17.8 Å². The maximum Gasteiger partial charge on any atom is 0.223 e. The number of aromatic nitrogens is 2. The molecule has 0 unspecified atom stereocenters. The Morgan fingerprint density at radius 1 is 1.22 bits per heavy atom. The smallest absolute Gasteiger partial charge is 0.223 e. The van der Waals surface area contributed by atoms with Crippen LogP contribution in [0.4, 0.5) is 5.95 Å². The predicted octanol–water partition coefficient (Wildman–Crippen LogP) is 2.89. The van der Waals surface area contributed by atoms with Gasteiger partial charge in [-0.15, -0.1) is 0 Å². The highest BCUT2D eigenvalue weighted by atomic mass is 16.5. The number of benzene rings is 1. The number of nitrogens with zero attached hydrogens (tertiary/aromatic N) is 2. The van der Waals surface area contributed by atoms with Gasteiger partial charge in [-0.05, 0) is 32.0 Å². The Hall–Kier alpha value is -2.10. The minimum absolute atomic E-state index is 0.651. The fourth-order valence-corrected chi connectivity index (χ4v) is 1.80. The molecule has 4 heteroatoms. The summed E-state index contributed by atoms with van der Waals surface area (Å²) in [4.78, 5) is 8.84. The van der Waals surface area contributed by atoms with Gasteiger partial charge in [-0.3, -0.25) is 0 Å². The Morgan fingerprint density at radius 3 is 2.72 bits per heavy atom. The Balaban J connectivity index is 2.49. The van der Waals surface area contributed by atoms with E-state index < -0.39 is 0 Å². The molecule has 0 atom stereocenters. The molecule has 1 heterocycles. The van der Waals surface area contributed by atoms with Gasteiger partial charge < -0.3 is 10.1 Å². The average molecular weight is 243 g/mol. The van der Waals surface area contributed by atoms with E-state index in [1.165, 1.54) is 0 Å². The number of ether oxygens (including phenoxy) is 1. The zero-order valence-corrected chi connectivity index (χ0v) is 10.9. The van der Waals surface area contributed by atoms with E-state index in [2.05, 4.69) is 15.3 Å². The summed E-state index contributed by atoms with van der Waals surface area (Å²) in [6.45, 7) is 4.78. The van der Waals surface area contributed by atoms with Gasteiger partial charge in [0.2, 0.25) is 5.95 Å². The highest BCUT2D eigenvalue weighted by molar-refractivity contribution is 5.68. The maximum atomic E-state index is 5.36. The minimum Gasteiger partial charge on any atom is -0.496 e. The summed E-state index contributed by atoms with van der Waals surface area (Å²) in [5, 5.41) is 3.13. The minimum atomic E-state index is 0.651. The predicted molar refractivity (Wildman–Crippen MR) is 72.9 cm³/mol. The number of methoxy groups -OCH3 is 1. The fraction of sp³-hybridized carbons (Fsp3) is 0.286. The molecule has 0 saturated heterocycles. The number of para-hydroxylation sites is 1. The van der Waals surface area contributed by atoms with Gasteiger partial charge in [-0.1, -0.05) is 12.1 Å². The topological polar surface area (TPSA) is 47.0 Å². The summed E-state index contributed by atoms with van der Waals surface area (Å²) >= 11 is 0. The van der Waals surface area contributed by atoms with Crippen molar-refractivity contribution in [1.82, 2.24) is 9.97 Å². The molecule has 0 amide bonds. The van der Waals surface area contributed by atoms with Crippen LogP contribution in [-0.4, -0.2) is 23.6 Å². The molecule has 0 saturated carbocycles. The normalized spacial score (nSPS) is 10.2. The van der Waals surface area contributed by atoms with Crippen LogP contribution in [0.3, 0.4) is 0 Å². The van der Waals surface area contributed by atoms with Crippen molar-refractivity contribution in [2.45, 2.75) is 13.8 Å². The molecule has 2 aromatic rings. The molecule has 1 aromatic heterocycles. The van der Waals surface area contributed by atoms with Crippen LogP contribution < -0.4 is 10.1 Å². The van der Waals surface area contributed by atoms with Crippen LogP contribution >= 0.6 is 0 Å². The van der Waals surface area contributed by atoms with Crippen LogP contribution in [0.5, 0.6) is 5.75 Å². The lowest BCUT2D eigenvalue weighted by Gasteiger charge is -2.10. The van der Waals surface area contributed by atoms with Crippen LogP contribution in [0, 0.1) is 6.92 Å². The molecular formula is C14H17N3O. The second kappa shape index (κ2) is 5.49. The highest BCUT2D eigenvalue weighted by Gasteiger charge is 2.08. The molecule has 0 bridgehead atoms. The van der Waals surface area contributed by atoms with Crippen molar-refractivity contribution < 1.29 is 4.74 Å². The lowest BCUT2D eigenvalue weighted by Crippen LogP contribution is -2.04. The monoisotopic (exact) mass is 243 g/mol. The second-order valence-corrected chi connectivity index (χ2v) is 3.95. The quantitative estimate of drug-likeness (QED) is 0.897. The van der Waals surface area contributed by atoms with Crippen LogP contribution in [0.2, 0.25) is 0 Å². The standard InChI is InChI=1S/C14H17N3O/c1-4-15-14-16-10(2)9-12(17-14)11-7-5-6-8-13(11)18-3/h5-9H,4H2,1-3H3,(H,15,16,17). The van der Waals surface area contributed by atoms with E-state index in [0.29, 0.717) is 5.95 Å². The highest BCUT2D eigenvalue weighted by Crippen LogP contribution is 2.28. The van der Waals surface area contributed by atoms with E-state index >= 15 is 0 Å². The molecule has 94 valence electrons. The number of hydrogen-bond donors (Lipinski definition) is 1. The second-order valence-electron chi connectivity index (χ2n) is 3.95. The third-order valence-electron chi connectivity index (χ3n) is 2.57. The third-order valence-corrected chi connectivity index (χ3v) is 2.57. The summed E-state index contributed by atoms with van der Waals surface area (Å²) < 4.78 is 5.36. The summed E-state index contributed by atoms with van der Waals surface area (Å²) in [6.07, 6.45) is 0. The van der Waals surface area contributed by atoms with Crippen molar-refractivity contribution >= 4 is 5.95 Å². The molecule has 4 nitrogen and oxygen atoms in total. The average Bonchev–Trinajstić information content (AvgIpc) is 2.38. The Bertz CT molecular complexity index is 540. The van der Waals surface area contributed by atoms with Gasteiger partial charge in [0.25, 0.3) is 0 Å². The van der Waals surface area contributed by atoms with Crippen molar-refractivity contribution in [2.75, 3.05) is 19.0 Å². The Kier molecular flexibility index (Phi) is 3.77. The first-order valence-corrected chi connectivity index (χ1v) is 5.97. The fourth-order valence-electron chi connectivity index (χ4n) is 1.80. The molecule has 0 aliphatic heterocycles. The van der Waals surface area contributed by atoms with Gasteiger partial charge in [0.05, 0.1) is 12.8 Å². The first-order valence-electron chi connectivity index (χ1n) is 5.97. The Morgan fingerprint density at radius 2 is 2.00 bits per heavy atom. The zero-order valence-electron chi connectivity index (χ0n) is 10.9. The van der Waals surface area contributed by atoms with Crippen LogP contribution in [0.15, 0.2) is 30.3 Å². The number of nitrogens with one attached hydrogen (secondary N) is 1. The molecule has 0 spiro atoms. The SMILES string of the molecule is CCNc1nc(C)cc(-c2ccccc2OC)n1. The Labute approximate surface area is 107 Å². The maximum absolute atomic E-state index is 5.36. The van der Waals surface area contributed by atoms with E-state index in [1.807, 2.05) is 44.2 Å². The van der Waals surface area contributed by atoms with E-state index in [9.17, 15) is 0 Å². The largest absolute Gasteiger partial charge is 0.496 e. The molecule has 0 radical (unpaired) electrons. The van der Waals surface area contributed by atoms with Crippen molar-refractivity contribution in [2.24, 2.45) is 0 Å². The number of anilines is 1. The van der Waals surface area contributed by atoms with E-state index in [1.54, 1.807) is 7.11 Å². The van der Waals surface area contributed by atoms with E-state index in [0.717, 1.165) is 29.2 Å². The van der Waals surface area contributed by atoms with Gasteiger partial charge in [-0.2, -0.15) is 0 Å². The molecule has 1 N–H and O–H groups in total. The molecule has 2 rings (SSSR count). The molecule has 18 heavy (non-hydrogen) atoms. The summed E-state index contributed by atoms with van der Waals surface area (Å²) in [5.41, 5.74) is 2.78. The van der Waals surface area contributed by atoms with Gasteiger partial charge >= 0.3 is 0 Å². The zero-order chi connectivity index (χ0) is 13.0. The molecule has 0 fully saturated rings. The molecule has 0 aliphatic carbocycles. The van der Waals surface area contributed by atoms with Crippen molar-refractivity contribution in [3.8, 4) is 17.0 Å². The molecule has 1 aromatic carbocycles. The molecular weight excluding hydrogens is 226 g/mol. The number of hydrogen-bond acceptors (Lipinski definition) is 4. The number of aryl methyl sites for hydroxylation is 1. The van der Waals surface area contributed by atoms with Gasteiger partial charge in [-0.25, -0.2) is 9.97 Å². The van der Waals surface area contributed by atoms with Gasteiger partial charge in [0.15, 0.2) is 0 Å². The summed E-state index contributed by atoms with van der Waals surface area (Å²) in [7, 11) is 1.66. The lowest BCUT2D eigenvalue weighted by atomic mass is 10.1. The van der Waals surface area contributed by atoms with E-state index in [4.69, 9.17) is 4.74 Å². The first-order chi connectivity index (χ1) is 8.74. The van der Waals surface area contributed by atoms with Gasteiger partial charge in [0.1, 0.15) is 5.75 Å². The molecule has 0 aliphatic rings. The van der Waals surface area contributed by atoms with Crippen molar-refractivity contribution in [3.05, 3.63) is 36.0 Å². The first kappa shape index (κ1) is 12.4. The number of rotatable bonds is 4. The lowest BCUT2D eigenvalue weighted by molar-refractivity contribution is 0.416. The van der Waals surface area contributed by atoms with Crippen molar-refractivity contribution in [1.29, 1.82) is 0 Å². The van der Waals surface area contributed by atoms with Crippen molar-refractivity contribution in [3.63, 3.8) is 0 Å². The van der Waals surface area contributed by atoms with Crippen LogP contribution in [0.25, 0.3) is 11.3 Å². The van der Waals surface area contributed by atoms with E-state index in [-0.39, 0.29) is 0 Å². The van der Waals surface area contributed by atoms with Crippen LogP contribution in [-0.2, 0) is 0 Å². The summed E-state index contributed by atoms with van der Waals surface area (Å²) in [5.74, 6) is 1.47. The summed E-state index contributed by atoms with van der Waals surface area (Å²) in [6, 6.07) is 9.80. The third kappa shape index (κ3) is 2.59. The van der Waals surface area contributed by atoms with Crippen LogP contribution in [0.1, 0.15) is 12.6 Å².